The average molecular weight is 146 g/mol. The van der Waals surface area contributed by atoms with Crippen LogP contribution in [0.4, 0.5) is 13.2 Å². The molecular formula is CHF3N2O3. The Labute approximate surface area is 46.5 Å². The maximum Gasteiger partial charge on any atom is 0.547 e. The molecule has 0 aromatic heterocycles. The molecule has 0 aliphatic rings. The fourth-order valence-electron chi connectivity index (χ4n) is 0.0890. The van der Waals surface area contributed by atoms with Crippen molar-refractivity contribution in [2.75, 3.05) is 0 Å². The van der Waals surface area contributed by atoms with Gasteiger partial charge in [-0.1, -0.05) is 0 Å². The zero-order chi connectivity index (χ0) is 7.49. The van der Waals surface area contributed by atoms with Crippen molar-refractivity contribution in [1.29, 1.82) is 0 Å². The predicted molar refractivity (Wildman–Crippen MR) is 17.3 cm³/mol. The van der Waals surface area contributed by atoms with Crippen molar-refractivity contribution in [1.82, 2.24) is 5.59 Å². The minimum absolute atomic E-state index is 0.483. The normalized spacial score (nSPS) is 11.0. The van der Waals surface area contributed by atoms with Gasteiger partial charge < -0.3 is 0 Å². The molecule has 0 atom stereocenters. The van der Waals surface area contributed by atoms with Crippen molar-refractivity contribution in [3.05, 3.63) is 10.1 Å². The van der Waals surface area contributed by atoms with E-state index >= 15 is 0 Å². The number of rotatable bonds is 2. The lowest BCUT2D eigenvalue weighted by atomic mass is 11.4. The molecule has 0 saturated heterocycles. The largest absolute Gasteiger partial charge is 0.547 e. The first-order chi connectivity index (χ1) is 3.92. The smallest absolute Gasteiger partial charge is 0.233 e. The molecule has 0 aromatic carbocycles. The summed E-state index contributed by atoms with van der Waals surface area (Å²) in [4.78, 5) is 11.7. The summed E-state index contributed by atoms with van der Waals surface area (Å²) in [5.74, 6) is 0. The maximum absolute atomic E-state index is 10.8. The van der Waals surface area contributed by atoms with E-state index < -0.39 is 11.4 Å². The van der Waals surface area contributed by atoms with Gasteiger partial charge in [0.15, 0.2) is 5.03 Å². The molecule has 0 heterocycles. The molecular weight excluding hydrogens is 145 g/mol. The SMILES string of the molecule is O=[N+]([O-])NOC(F)(F)F. The molecule has 1 N–H and O–H groups in total. The van der Waals surface area contributed by atoms with Crippen molar-refractivity contribution in [3.63, 3.8) is 0 Å². The van der Waals surface area contributed by atoms with Crippen molar-refractivity contribution in [2.24, 2.45) is 0 Å². The van der Waals surface area contributed by atoms with Crippen molar-refractivity contribution >= 4 is 0 Å². The number of hydrazine groups is 1. The van der Waals surface area contributed by atoms with Crippen LogP contribution in [0.2, 0.25) is 0 Å². The Bertz CT molecular complexity index is 110. The lowest BCUT2D eigenvalue weighted by molar-refractivity contribution is -0.636. The number of nitrogens with one attached hydrogen (secondary N) is 1. The third-order valence-corrected chi connectivity index (χ3v) is 0.236. The van der Waals surface area contributed by atoms with Gasteiger partial charge in [-0.3, -0.25) is 0 Å². The molecule has 0 saturated carbocycles. The van der Waals surface area contributed by atoms with Crippen LogP contribution >= 0.6 is 0 Å². The van der Waals surface area contributed by atoms with Crippen LogP contribution in [0.5, 0.6) is 0 Å². The summed E-state index contributed by atoms with van der Waals surface area (Å²) >= 11 is 0. The second-order valence-electron chi connectivity index (χ2n) is 0.896. The van der Waals surface area contributed by atoms with Crippen LogP contribution in [-0.2, 0) is 4.84 Å². The number of nitrogens with zero attached hydrogens (tertiary/aromatic N) is 1. The van der Waals surface area contributed by atoms with Crippen molar-refractivity contribution in [2.45, 2.75) is 6.36 Å². The van der Waals surface area contributed by atoms with E-state index in [2.05, 4.69) is 4.84 Å². The number of nitro groups is 1. The fraction of sp³-hybridized carbons (Fsp3) is 1.00. The van der Waals surface area contributed by atoms with Gasteiger partial charge in [0.1, 0.15) is 0 Å². The van der Waals surface area contributed by atoms with Gasteiger partial charge in [0, 0.05) is 5.59 Å². The van der Waals surface area contributed by atoms with Gasteiger partial charge in [-0.25, -0.2) is 10.1 Å². The highest BCUT2D eigenvalue weighted by atomic mass is 19.4. The van der Waals surface area contributed by atoms with E-state index in [0.29, 0.717) is 5.59 Å². The van der Waals surface area contributed by atoms with E-state index in [-0.39, 0.29) is 0 Å². The minimum atomic E-state index is -5.02. The summed E-state index contributed by atoms with van der Waals surface area (Å²) in [6.07, 6.45) is -5.02. The Morgan fingerprint density at radius 1 is 1.56 bits per heavy atom. The Morgan fingerprint density at radius 3 is 2.11 bits per heavy atom. The fourth-order valence-corrected chi connectivity index (χ4v) is 0.0890. The molecule has 54 valence electrons. The van der Waals surface area contributed by atoms with Gasteiger partial charge in [0.2, 0.25) is 0 Å². The lowest BCUT2D eigenvalue weighted by Crippen LogP contribution is -2.29. The summed E-state index contributed by atoms with van der Waals surface area (Å²) in [5.41, 5.74) is 0.483. The van der Waals surface area contributed by atoms with E-state index in [4.69, 9.17) is 10.1 Å². The number of hydrogen-bond acceptors (Lipinski definition) is 3. The Balaban J connectivity index is 3.39. The molecule has 0 aromatic rings. The topological polar surface area (TPSA) is 64.4 Å². The lowest BCUT2D eigenvalue weighted by Gasteiger charge is -2.00. The molecule has 0 amide bonds. The number of hydrogen-bond donors (Lipinski definition) is 1. The van der Waals surface area contributed by atoms with Gasteiger partial charge in [-0.05, 0) is 0 Å². The molecule has 0 aliphatic heterocycles. The second kappa shape index (κ2) is 2.49. The molecule has 0 radical (unpaired) electrons. The molecule has 0 bridgehead atoms. The summed E-state index contributed by atoms with van der Waals surface area (Å²) < 4.78 is 32.5. The summed E-state index contributed by atoms with van der Waals surface area (Å²) in [7, 11) is 0. The van der Waals surface area contributed by atoms with Gasteiger partial charge >= 0.3 is 6.36 Å². The van der Waals surface area contributed by atoms with Gasteiger partial charge in [0.25, 0.3) is 0 Å². The summed E-state index contributed by atoms with van der Waals surface area (Å²) in [5, 5.41) is 7.65. The van der Waals surface area contributed by atoms with E-state index in [1.165, 1.54) is 0 Å². The highest BCUT2D eigenvalue weighted by molar-refractivity contribution is 4.15. The Morgan fingerprint density at radius 2 is 2.00 bits per heavy atom. The van der Waals surface area contributed by atoms with Crippen LogP contribution in [0, 0.1) is 10.1 Å². The summed E-state index contributed by atoms with van der Waals surface area (Å²) in [6.45, 7) is 0. The quantitative estimate of drug-likeness (QED) is 0.447. The van der Waals surface area contributed by atoms with E-state index in [1.54, 1.807) is 0 Å². The maximum atomic E-state index is 10.8. The third-order valence-electron chi connectivity index (χ3n) is 0.236. The first kappa shape index (κ1) is 7.95. The first-order valence-electron chi connectivity index (χ1n) is 1.56. The van der Waals surface area contributed by atoms with Crippen LogP contribution in [0.25, 0.3) is 0 Å². The van der Waals surface area contributed by atoms with Crippen LogP contribution in [0.1, 0.15) is 0 Å². The molecule has 5 nitrogen and oxygen atoms in total. The number of halogens is 3. The first-order valence-corrected chi connectivity index (χ1v) is 1.56. The molecule has 8 heteroatoms. The standard InChI is InChI=1S/CHF3N2O3/c2-1(3,4)9-5-6(7)8/h5H. The zero-order valence-corrected chi connectivity index (χ0v) is 3.81. The van der Waals surface area contributed by atoms with Crippen molar-refractivity contribution < 1.29 is 23.0 Å². The third kappa shape index (κ3) is 6.95. The van der Waals surface area contributed by atoms with Crippen LogP contribution in [0.3, 0.4) is 0 Å². The van der Waals surface area contributed by atoms with Gasteiger partial charge in [0.05, 0.1) is 0 Å². The average Bonchev–Trinajstić information content (AvgIpc) is 1.59. The molecule has 0 aliphatic carbocycles. The Hall–Kier alpha value is -1.05. The molecule has 0 spiro atoms. The van der Waals surface area contributed by atoms with E-state index in [9.17, 15) is 13.2 Å². The molecule has 0 fully saturated rings. The number of alkyl halides is 3. The highest BCUT2D eigenvalue weighted by Gasteiger charge is 2.32. The second-order valence-corrected chi connectivity index (χ2v) is 0.896. The van der Waals surface area contributed by atoms with Gasteiger partial charge in [-0.2, -0.15) is 0 Å². The molecule has 0 unspecified atom stereocenters. The minimum Gasteiger partial charge on any atom is -0.233 e. The van der Waals surface area contributed by atoms with Gasteiger partial charge in [-0.15, -0.1) is 18.0 Å². The van der Waals surface area contributed by atoms with E-state index in [1.807, 2.05) is 0 Å². The Kier molecular flexibility index (Phi) is 2.20. The molecule has 0 rings (SSSR count). The monoisotopic (exact) mass is 146 g/mol. The molecule has 9 heavy (non-hydrogen) atoms. The predicted octanol–water partition coefficient (Wildman–Crippen LogP) is 0.219. The van der Waals surface area contributed by atoms with Crippen molar-refractivity contribution in [3.8, 4) is 0 Å². The van der Waals surface area contributed by atoms with Crippen LogP contribution in [0.15, 0.2) is 0 Å². The summed E-state index contributed by atoms with van der Waals surface area (Å²) in [6, 6.07) is 0. The van der Waals surface area contributed by atoms with Crippen LogP contribution < -0.4 is 5.59 Å². The van der Waals surface area contributed by atoms with Crippen LogP contribution in [-0.4, -0.2) is 11.4 Å². The van der Waals surface area contributed by atoms with E-state index in [0.717, 1.165) is 0 Å². The zero-order valence-electron chi connectivity index (χ0n) is 3.81. The highest BCUT2D eigenvalue weighted by Crippen LogP contribution is 2.13.